The van der Waals surface area contributed by atoms with E-state index in [1.165, 1.54) is 17.0 Å². The molecule has 44 heavy (non-hydrogen) atoms. The van der Waals surface area contributed by atoms with Crippen LogP contribution in [0.2, 0.25) is 0 Å². The molecule has 1 fully saturated rings. The Hall–Kier alpha value is -4.02. The second-order valence-electron chi connectivity index (χ2n) is 13.0. The number of esters is 1. The van der Waals surface area contributed by atoms with Gasteiger partial charge in [-0.25, -0.2) is 13.6 Å². The average molecular weight is 616 g/mol. The number of nitrogens with zero attached hydrogens (tertiary/aromatic N) is 1. The van der Waals surface area contributed by atoms with Crippen molar-refractivity contribution in [3.05, 3.63) is 71.0 Å². The molecule has 3 rings (SSSR count). The highest BCUT2D eigenvalue weighted by Gasteiger charge is 2.40. The quantitative estimate of drug-likeness (QED) is 0.372. The largest absolute Gasteiger partial charge is 0.460 e. The lowest BCUT2D eigenvalue weighted by Gasteiger charge is -2.27. The van der Waals surface area contributed by atoms with Gasteiger partial charge in [-0.15, -0.1) is 0 Å². The van der Waals surface area contributed by atoms with E-state index in [1.54, 1.807) is 77.9 Å². The number of rotatable bonds is 10. The number of halogens is 2. The zero-order chi connectivity index (χ0) is 32.7. The highest BCUT2D eigenvalue weighted by molar-refractivity contribution is 5.88. The van der Waals surface area contributed by atoms with E-state index in [9.17, 15) is 28.0 Å². The molecular weight excluding hydrogens is 572 g/mol. The molecule has 0 aromatic heterocycles. The van der Waals surface area contributed by atoms with Crippen molar-refractivity contribution < 1.29 is 37.4 Å². The summed E-state index contributed by atoms with van der Waals surface area (Å²) >= 11 is 0. The Morgan fingerprint density at radius 3 is 2.16 bits per heavy atom. The van der Waals surface area contributed by atoms with Crippen molar-refractivity contribution in [2.75, 3.05) is 6.54 Å². The Bertz CT molecular complexity index is 1320. The van der Waals surface area contributed by atoms with Crippen LogP contribution >= 0.6 is 0 Å². The maximum Gasteiger partial charge on any atom is 0.407 e. The second kappa shape index (κ2) is 14.6. The van der Waals surface area contributed by atoms with Crippen LogP contribution in [0.15, 0.2) is 48.5 Å². The molecule has 2 N–H and O–H groups in total. The van der Waals surface area contributed by atoms with Crippen LogP contribution in [0.4, 0.5) is 13.6 Å². The van der Waals surface area contributed by atoms with E-state index in [0.29, 0.717) is 0 Å². The van der Waals surface area contributed by atoms with Crippen molar-refractivity contribution in [3.63, 3.8) is 0 Å². The van der Waals surface area contributed by atoms with Gasteiger partial charge in [-0.3, -0.25) is 14.4 Å². The van der Waals surface area contributed by atoms with Gasteiger partial charge in [-0.2, -0.15) is 0 Å². The van der Waals surface area contributed by atoms with E-state index >= 15 is 0 Å². The smallest absolute Gasteiger partial charge is 0.407 e. The Labute approximate surface area is 257 Å². The van der Waals surface area contributed by atoms with Crippen molar-refractivity contribution >= 4 is 23.9 Å². The molecule has 9 nitrogen and oxygen atoms in total. The SMILES string of the molecule is CC(C)(C)OC(=O)Cc1ccc(CNC(=O)[C@@H]2C[C@H](F)CN2C(=O)C[C@@H](Cc2ccccc2F)NC(=O)OC(C)(C)C)cc1. The minimum atomic E-state index is -1.40. The molecule has 0 unspecified atom stereocenters. The van der Waals surface area contributed by atoms with Gasteiger partial charge in [0.15, 0.2) is 0 Å². The third kappa shape index (κ3) is 11.2. The van der Waals surface area contributed by atoms with Gasteiger partial charge in [0.25, 0.3) is 0 Å². The fourth-order valence-corrected chi connectivity index (χ4v) is 4.84. The third-order valence-corrected chi connectivity index (χ3v) is 6.70. The van der Waals surface area contributed by atoms with E-state index in [4.69, 9.17) is 9.47 Å². The highest BCUT2D eigenvalue weighted by Crippen LogP contribution is 2.23. The number of carbonyl (C=O) groups is 4. The first-order valence-electron chi connectivity index (χ1n) is 14.7. The van der Waals surface area contributed by atoms with Crippen molar-refractivity contribution in [1.82, 2.24) is 15.5 Å². The maximum absolute atomic E-state index is 14.5. The number of hydrogen-bond donors (Lipinski definition) is 2. The minimum absolute atomic E-state index is 0.00860. The predicted molar refractivity (Wildman–Crippen MR) is 161 cm³/mol. The van der Waals surface area contributed by atoms with Crippen molar-refractivity contribution in [2.45, 2.75) is 103 Å². The Balaban J connectivity index is 1.63. The molecule has 2 aromatic carbocycles. The molecule has 1 aliphatic rings. The minimum Gasteiger partial charge on any atom is -0.460 e. The van der Waals surface area contributed by atoms with Gasteiger partial charge in [0.1, 0.15) is 29.2 Å². The van der Waals surface area contributed by atoms with Crippen molar-refractivity contribution in [1.29, 1.82) is 0 Å². The standard InChI is InChI=1S/C33H43F2N3O6/c1-32(2,3)43-29(40)15-21-11-13-22(14-12-21)19-36-30(41)27-17-24(34)20-38(27)28(39)18-25(37-31(42)44-33(4,5)6)16-23-9-7-8-10-26(23)35/h7-14,24-25,27H,15-20H2,1-6H3,(H,36,41)(H,37,42)/t24-,25+,27-/m0/s1. The van der Waals surface area contributed by atoms with Gasteiger partial charge in [-0.1, -0.05) is 42.5 Å². The van der Waals surface area contributed by atoms with Crippen LogP contribution in [-0.4, -0.2) is 64.8 Å². The molecule has 3 amide bonds. The lowest BCUT2D eigenvalue weighted by atomic mass is 10.0. The molecule has 240 valence electrons. The molecule has 1 saturated heterocycles. The second-order valence-corrected chi connectivity index (χ2v) is 13.0. The van der Waals surface area contributed by atoms with Crippen LogP contribution in [0.25, 0.3) is 0 Å². The summed E-state index contributed by atoms with van der Waals surface area (Å²) in [5.74, 6) is -1.89. The normalized spacial score (nSPS) is 17.5. The first-order valence-corrected chi connectivity index (χ1v) is 14.7. The van der Waals surface area contributed by atoms with Crippen LogP contribution in [0.5, 0.6) is 0 Å². The predicted octanol–water partition coefficient (Wildman–Crippen LogP) is 4.79. The van der Waals surface area contributed by atoms with Crippen LogP contribution < -0.4 is 10.6 Å². The molecule has 1 aliphatic heterocycles. The molecule has 0 radical (unpaired) electrons. The number of likely N-dealkylation sites (tertiary alicyclic amines) is 1. The number of ether oxygens (including phenoxy) is 2. The van der Waals surface area contributed by atoms with Gasteiger partial charge >= 0.3 is 12.1 Å². The van der Waals surface area contributed by atoms with Crippen LogP contribution in [-0.2, 0) is 43.2 Å². The number of carbonyl (C=O) groups excluding carboxylic acids is 4. The average Bonchev–Trinajstić information content (AvgIpc) is 3.29. The summed E-state index contributed by atoms with van der Waals surface area (Å²) in [5.41, 5.74) is 0.425. The fourth-order valence-electron chi connectivity index (χ4n) is 4.84. The Morgan fingerprint density at radius 1 is 0.932 bits per heavy atom. The van der Waals surface area contributed by atoms with Gasteiger partial charge in [-0.05, 0) is 70.7 Å². The van der Waals surface area contributed by atoms with Gasteiger partial charge in [0.05, 0.1) is 13.0 Å². The van der Waals surface area contributed by atoms with Crippen LogP contribution in [0.1, 0.15) is 71.1 Å². The number of benzene rings is 2. The molecule has 1 heterocycles. The molecule has 3 atom stereocenters. The molecule has 0 spiro atoms. The van der Waals surface area contributed by atoms with Crippen molar-refractivity contribution in [2.24, 2.45) is 0 Å². The fraction of sp³-hybridized carbons (Fsp3) is 0.515. The summed E-state index contributed by atoms with van der Waals surface area (Å²) in [6.45, 7) is 10.3. The molecule has 0 bridgehead atoms. The third-order valence-electron chi connectivity index (χ3n) is 6.70. The summed E-state index contributed by atoms with van der Waals surface area (Å²) in [5, 5.41) is 5.40. The van der Waals surface area contributed by atoms with Crippen LogP contribution in [0.3, 0.4) is 0 Å². The summed E-state index contributed by atoms with van der Waals surface area (Å²) in [6, 6.07) is 11.2. The zero-order valence-electron chi connectivity index (χ0n) is 26.2. The number of amides is 3. The highest BCUT2D eigenvalue weighted by atomic mass is 19.1. The van der Waals surface area contributed by atoms with Crippen LogP contribution in [0, 0.1) is 5.82 Å². The molecule has 0 aliphatic carbocycles. The Morgan fingerprint density at radius 2 is 1.55 bits per heavy atom. The van der Waals surface area contributed by atoms with Gasteiger partial charge in [0.2, 0.25) is 11.8 Å². The van der Waals surface area contributed by atoms with E-state index in [-0.39, 0.29) is 50.3 Å². The number of alkyl carbamates (subject to hydrolysis) is 1. The van der Waals surface area contributed by atoms with E-state index in [2.05, 4.69) is 10.6 Å². The monoisotopic (exact) mass is 615 g/mol. The lowest BCUT2D eigenvalue weighted by Crippen LogP contribution is -2.48. The van der Waals surface area contributed by atoms with Crippen molar-refractivity contribution in [3.8, 4) is 0 Å². The molecule has 0 saturated carbocycles. The first kappa shape index (κ1) is 34.5. The topological polar surface area (TPSA) is 114 Å². The number of nitrogens with one attached hydrogen (secondary N) is 2. The molecular formula is C33H43F2N3O6. The maximum atomic E-state index is 14.5. The summed E-state index contributed by atoms with van der Waals surface area (Å²) in [4.78, 5) is 52.3. The molecule has 11 heteroatoms. The number of alkyl halides is 1. The summed E-state index contributed by atoms with van der Waals surface area (Å²) < 4.78 is 39.6. The lowest BCUT2D eigenvalue weighted by molar-refractivity contribution is -0.153. The molecule has 2 aromatic rings. The zero-order valence-corrected chi connectivity index (χ0v) is 26.2. The Kier molecular flexibility index (Phi) is 11.5. The van der Waals surface area contributed by atoms with E-state index in [0.717, 1.165) is 11.1 Å². The first-order chi connectivity index (χ1) is 20.5. The van der Waals surface area contributed by atoms with E-state index in [1.807, 2.05) is 0 Å². The van der Waals surface area contributed by atoms with Gasteiger partial charge in [0, 0.05) is 25.4 Å². The summed E-state index contributed by atoms with van der Waals surface area (Å²) in [7, 11) is 0. The summed E-state index contributed by atoms with van der Waals surface area (Å²) in [6.07, 6.45) is -2.52. The van der Waals surface area contributed by atoms with Gasteiger partial charge < -0.3 is 25.0 Å². The van der Waals surface area contributed by atoms with E-state index < -0.39 is 53.2 Å². The number of hydrogen-bond acceptors (Lipinski definition) is 6.